The number of hydrogen-bond acceptors (Lipinski definition) is 5. The molecule has 0 aromatic carbocycles. The van der Waals surface area contributed by atoms with Crippen LogP contribution in [0.15, 0.2) is 0 Å². The molecule has 1 aliphatic heterocycles. The summed E-state index contributed by atoms with van der Waals surface area (Å²) in [5.74, 6) is 0.795. The van der Waals surface area contributed by atoms with Crippen LogP contribution in [0.2, 0.25) is 0 Å². The van der Waals surface area contributed by atoms with Crippen molar-refractivity contribution in [2.24, 2.45) is 0 Å². The smallest absolute Gasteiger partial charge is 0.205 e. The first-order valence-corrected chi connectivity index (χ1v) is 6.09. The summed E-state index contributed by atoms with van der Waals surface area (Å²) in [5.41, 5.74) is 0. The van der Waals surface area contributed by atoms with E-state index in [9.17, 15) is 0 Å². The Bertz CT molecular complexity index is 318. The minimum atomic E-state index is 0.507. The molecule has 2 atom stereocenters. The lowest BCUT2D eigenvalue weighted by Crippen LogP contribution is -2.32. The van der Waals surface area contributed by atoms with Gasteiger partial charge in [0.2, 0.25) is 5.13 Å². The summed E-state index contributed by atoms with van der Waals surface area (Å²) in [6.45, 7) is 5.01. The van der Waals surface area contributed by atoms with Crippen LogP contribution in [0, 0.1) is 0 Å². The predicted molar refractivity (Wildman–Crippen MR) is 61.3 cm³/mol. The number of hydrogen-bond donors (Lipinski definition) is 0. The third-order valence-electron chi connectivity index (χ3n) is 2.90. The zero-order valence-electron chi connectivity index (χ0n) is 9.43. The second kappa shape index (κ2) is 4.45. The first kappa shape index (κ1) is 10.8. The molecule has 5 heteroatoms. The third-order valence-corrected chi connectivity index (χ3v) is 3.67. The Hall–Kier alpha value is -0.680. The number of ether oxygens (including phenoxy) is 1. The van der Waals surface area contributed by atoms with Crippen LogP contribution in [0.1, 0.15) is 32.5 Å². The van der Waals surface area contributed by atoms with Gasteiger partial charge in [-0.05, 0) is 26.7 Å². The highest BCUT2D eigenvalue weighted by Gasteiger charge is 2.29. The van der Waals surface area contributed by atoms with E-state index in [1.165, 1.54) is 24.4 Å². The fourth-order valence-corrected chi connectivity index (χ4v) is 2.99. The molecule has 0 spiro atoms. The van der Waals surface area contributed by atoms with Crippen LogP contribution in [-0.4, -0.2) is 28.6 Å². The lowest BCUT2D eigenvalue weighted by Gasteiger charge is -2.24. The molecule has 1 saturated heterocycles. The van der Waals surface area contributed by atoms with E-state index < -0.39 is 0 Å². The summed E-state index contributed by atoms with van der Waals surface area (Å²) in [6.07, 6.45) is 2.50. The van der Waals surface area contributed by atoms with Gasteiger partial charge in [-0.3, -0.25) is 0 Å². The average Bonchev–Trinajstić information content (AvgIpc) is 2.75. The topological polar surface area (TPSA) is 38.2 Å². The van der Waals surface area contributed by atoms with Crippen molar-refractivity contribution in [3.05, 3.63) is 5.82 Å². The van der Waals surface area contributed by atoms with Gasteiger partial charge in [0.15, 0.2) is 5.82 Å². The van der Waals surface area contributed by atoms with E-state index in [-0.39, 0.29) is 0 Å². The highest BCUT2D eigenvalue weighted by molar-refractivity contribution is 7.09. The molecule has 2 unspecified atom stereocenters. The van der Waals surface area contributed by atoms with Crippen molar-refractivity contribution in [1.82, 2.24) is 9.36 Å². The van der Waals surface area contributed by atoms with E-state index >= 15 is 0 Å². The van der Waals surface area contributed by atoms with Gasteiger partial charge in [-0.1, -0.05) is 0 Å². The van der Waals surface area contributed by atoms with Crippen LogP contribution in [0.4, 0.5) is 5.13 Å². The highest BCUT2D eigenvalue weighted by Crippen LogP contribution is 2.31. The monoisotopic (exact) mass is 227 g/mol. The van der Waals surface area contributed by atoms with Gasteiger partial charge in [-0.2, -0.15) is 4.37 Å². The van der Waals surface area contributed by atoms with Gasteiger partial charge in [-0.15, -0.1) is 0 Å². The van der Waals surface area contributed by atoms with E-state index in [1.54, 1.807) is 7.11 Å². The molecule has 84 valence electrons. The minimum Gasteiger partial charge on any atom is -0.377 e. The number of methoxy groups -OCH3 is 1. The van der Waals surface area contributed by atoms with Crippen molar-refractivity contribution in [2.45, 2.75) is 45.4 Å². The van der Waals surface area contributed by atoms with Crippen molar-refractivity contribution in [3.63, 3.8) is 0 Å². The van der Waals surface area contributed by atoms with E-state index in [0.717, 1.165) is 11.0 Å². The van der Waals surface area contributed by atoms with Crippen LogP contribution in [0.25, 0.3) is 0 Å². The van der Waals surface area contributed by atoms with Gasteiger partial charge in [0.1, 0.15) is 6.61 Å². The summed E-state index contributed by atoms with van der Waals surface area (Å²) >= 11 is 1.48. The van der Waals surface area contributed by atoms with Crippen LogP contribution >= 0.6 is 11.5 Å². The fraction of sp³-hybridized carbons (Fsp3) is 0.800. The molecule has 15 heavy (non-hydrogen) atoms. The number of anilines is 1. The Kier molecular flexibility index (Phi) is 3.21. The Morgan fingerprint density at radius 2 is 2.07 bits per heavy atom. The lowest BCUT2D eigenvalue weighted by molar-refractivity contribution is 0.179. The van der Waals surface area contributed by atoms with E-state index in [2.05, 4.69) is 28.1 Å². The molecular weight excluding hydrogens is 210 g/mol. The summed E-state index contributed by atoms with van der Waals surface area (Å²) in [7, 11) is 1.67. The molecular formula is C10H17N3OS. The maximum atomic E-state index is 5.02. The largest absolute Gasteiger partial charge is 0.377 e. The predicted octanol–water partition coefficient (Wildman–Crippen LogP) is 2.06. The number of rotatable bonds is 3. The Labute approximate surface area is 94.4 Å². The molecule has 1 aliphatic rings. The molecule has 4 nitrogen and oxygen atoms in total. The molecule has 0 radical (unpaired) electrons. The van der Waals surface area contributed by atoms with Crippen LogP contribution < -0.4 is 4.90 Å². The zero-order valence-corrected chi connectivity index (χ0v) is 10.3. The normalized spacial score (nSPS) is 26.2. The van der Waals surface area contributed by atoms with Crippen LogP contribution in [0.3, 0.4) is 0 Å². The molecule has 2 rings (SSSR count). The van der Waals surface area contributed by atoms with Gasteiger partial charge in [0, 0.05) is 30.7 Å². The zero-order chi connectivity index (χ0) is 10.8. The second-order valence-corrected chi connectivity index (χ2v) is 4.84. The van der Waals surface area contributed by atoms with Crippen LogP contribution in [0.5, 0.6) is 0 Å². The Balaban J connectivity index is 2.14. The van der Waals surface area contributed by atoms with Crippen molar-refractivity contribution >= 4 is 16.7 Å². The van der Waals surface area contributed by atoms with Crippen molar-refractivity contribution in [2.75, 3.05) is 12.0 Å². The first-order chi connectivity index (χ1) is 7.22. The average molecular weight is 227 g/mol. The van der Waals surface area contributed by atoms with Gasteiger partial charge in [0.05, 0.1) is 0 Å². The molecule has 0 saturated carbocycles. The fourth-order valence-electron chi connectivity index (χ4n) is 2.11. The molecule has 0 N–H and O–H groups in total. The van der Waals surface area contributed by atoms with Crippen LogP contribution in [-0.2, 0) is 11.3 Å². The highest BCUT2D eigenvalue weighted by atomic mass is 32.1. The molecule has 0 amide bonds. The van der Waals surface area contributed by atoms with E-state index in [0.29, 0.717) is 18.7 Å². The second-order valence-electron chi connectivity index (χ2n) is 4.11. The van der Waals surface area contributed by atoms with Gasteiger partial charge < -0.3 is 9.64 Å². The number of aromatic nitrogens is 2. The maximum absolute atomic E-state index is 5.02. The quantitative estimate of drug-likeness (QED) is 0.792. The molecule has 0 aliphatic carbocycles. The standard InChI is InChI=1S/C10H17N3OS/c1-7-4-5-8(2)13(7)10-11-9(6-14-3)12-15-10/h7-8H,4-6H2,1-3H3. The third kappa shape index (κ3) is 2.13. The van der Waals surface area contributed by atoms with Gasteiger partial charge >= 0.3 is 0 Å². The molecule has 0 bridgehead atoms. The maximum Gasteiger partial charge on any atom is 0.205 e. The first-order valence-electron chi connectivity index (χ1n) is 5.32. The van der Waals surface area contributed by atoms with E-state index in [4.69, 9.17) is 4.74 Å². The van der Waals surface area contributed by atoms with Crippen molar-refractivity contribution in [1.29, 1.82) is 0 Å². The Morgan fingerprint density at radius 1 is 1.40 bits per heavy atom. The van der Waals surface area contributed by atoms with Gasteiger partial charge in [0.25, 0.3) is 0 Å². The summed E-state index contributed by atoms with van der Waals surface area (Å²) < 4.78 is 9.30. The summed E-state index contributed by atoms with van der Waals surface area (Å²) in [6, 6.07) is 1.17. The minimum absolute atomic E-state index is 0.507. The van der Waals surface area contributed by atoms with Crippen molar-refractivity contribution < 1.29 is 4.74 Å². The summed E-state index contributed by atoms with van der Waals surface area (Å²) in [4.78, 5) is 6.86. The molecule has 1 aromatic rings. The van der Waals surface area contributed by atoms with Crippen molar-refractivity contribution in [3.8, 4) is 0 Å². The molecule has 1 aromatic heterocycles. The summed E-state index contributed by atoms with van der Waals surface area (Å²) in [5, 5.41) is 1.04. The molecule has 2 heterocycles. The SMILES string of the molecule is COCc1nsc(N2C(C)CCC2C)n1. The van der Waals surface area contributed by atoms with Gasteiger partial charge in [-0.25, -0.2) is 4.98 Å². The van der Waals surface area contributed by atoms with E-state index in [1.807, 2.05) is 0 Å². The lowest BCUT2D eigenvalue weighted by atomic mass is 10.2. The number of nitrogens with zero attached hydrogens (tertiary/aromatic N) is 3. The molecule has 1 fully saturated rings. The Morgan fingerprint density at radius 3 is 2.67 bits per heavy atom.